The molecule has 0 aliphatic heterocycles. The van der Waals surface area contributed by atoms with Crippen molar-refractivity contribution in [2.24, 2.45) is 5.92 Å². The zero-order valence-electron chi connectivity index (χ0n) is 16.2. The number of rotatable bonds is 7. The Labute approximate surface area is 179 Å². The summed E-state index contributed by atoms with van der Waals surface area (Å²) in [6.45, 7) is 0.0503. The molecule has 1 aliphatic rings. The summed E-state index contributed by atoms with van der Waals surface area (Å²) in [5, 5.41) is 28.3. The maximum Gasteiger partial charge on any atom is 0.252 e. The lowest BCUT2D eigenvalue weighted by atomic mass is 10.2. The van der Waals surface area contributed by atoms with Gasteiger partial charge < -0.3 is 15.7 Å². The molecule has 31 heavy (non-hydrogen) atoms. The van der Waals surface area contributed by atoms with Crippen LogP contribution in [-0.2, 0) is 4.79 Å². The molecule has 1 aliphatic carbocycles. The van der Waals surface area contributed by atoms with Gasteiger partial charge in [0.2, 0.25) is 11.1 Å². The Morgan fingerprint density at radius 3 is 2.77 bits per heavy atom. The zero-order valence-corrected chi connectivity index (χ0v) is 17.0. The van der Waals surface area contributed by atoms with Crippen LogP contribution < -0.4 is 10.6 Å². The molecule has 3 N–H and O–H groups in total. The highest BCUT2D eigenvalue weighted by Gasteiger charge is 2.30. The lowest BCUT2D eigenvalue weighted by molar-refractivity contribution is -0.117. The Balaban J connectivity index is 1.38. The average molecular weight is 438 g/mol. The van der Waals surface area contributed by atoms with Crippen molar-refractivity contribution in [3.05, 3.63) is 42.2 Å². The summed E-state index contributed by atoms with van der Waals surface area (Å²) in [6, 6.07) is 6.96. The highest BCUT2D eigenvalue weighted by molar-refractivity contribution is 7.99. The molecule has 2 amide bonds. The number of aromatic nitrogens is 6. The Morgan fingerprint density at radius 2 is 1.97 bits per heavy atom. The van der Waals surface area contributed by atoms with E-state index in [0.29, 0.717) is 32.9 Å². The minimum absolute atomic E-state index is 0.00763. The number of hydrogen-bond donors (Lipinski definition) is 3. The Morgan fingerprint density at radius 1 is 1.13 bits per heavy atom. The molecule has 0 spiro atoms. The third-order valence-electron chi connectivity index (χ3n) is 4.72. The van der Waals surface area contributed by atoms with Gasteiger partial charge in [0.15, 0.2) is 17.1 Å². The smallest absolute Gasteiger partial charge is 0.252 e. The maximum absolute atomic E-state index is 12.2. The summed E-state index contributed by atoms with van der Waals surface area (Å²) in [5.41, 5.74) is 1.64. The van der Waals surface area contributed by atoms with Gasteiger partial charge in [0.05, 0.1) is 18.4 Å². The van der Waals surface area contributed by atoms with Crippen LogP contribution in [0.25, 0.3) is 11.3 Å². The van der Waals surface area contributed by atoms with E-state index >= 15 is 0 Å². The number of imidazole rings is 1. The van der Waals surface area contributed by atoms with Gasteiger partial charge in [0, 0.05) is 18.7 Å². The molecular formula is C19H18N8O3S. The van der Waals surface area contributed by atoms with E-state index in [1.807, 2.05) is 0 Å². The number of carbonyl (C=O) groups excluding carboxylic acids is 2. The zero-order chi connectivity index (χ0) is 21.4. The quantitative estimate of drug-likeness (QED) is 0.388. The summed E-state index contributed by atoms with van der Waals surface area (Å²) in [5.74, 6) is 0.268. The van der Waals surface area contributed by atoms with Gasteiger partial charge >= 0.3 is 0 Å². The standard InChI is InChI=1S/C19H18N8O3S/c28-8-7-20-17(29)12-3-4-15-23-24-19(26(15)9-12)31-16-6-5-14-21-13(10-27(14)25-16)22-18(30)11-1-2-11/h3-6,9-11,28H,1-2,7-8H2,(H,20,29)(H,22,30). The van der Waals surface area contributed by atoms with E-state index in [-0.39, 0.29) is 30.9 Å². The molecule has 4 aromatic rings. The van der Waals surface area contributed by atoms with Crippen LogP contribution in [0.3, 0.4) is 0 Å². The highest BCUT2D eigenvalue weighted by Crippen LogP contribution is 2.30. The van der Waals surface area contributed by atoms with Crippen LogP contribution >= 0.6 is 11.8 Å². The van der Waals surface area contributed by atoms with E-state index in [0.717, 1.165) is 12.8 Å². The number of nitrogens with zero attached hydrogens (tertiary/aromatic N) is 6. The largest absolute Gasteiger partial charge is 0.395 e. The molecule has 0 saturated heterocycles. The van der Waals surface area contributed by atoms with Crippen molar-refractivity contribution in [2.75, 3.05) is 18.5 Å². The number of nitrogens with one attached hydrogen (secondary N) is 2. The van der Waals surface area contributed by atoms with Gasteiger partial charge in [-0.15, -0.1) is 10.2 Å². The van der Waals surface area contributed by atoms with E-state index in [4.69, 9.17) is 5.11 Å². The van der Waals surface area contributed by atoms with Crippen LogP contribution in [0.15, 0.2) is 46.8 Å². The first-order valence-corrected chi connectivity index (χ1v) is 10.5. The topological polar surface area (TPSA) is 139 Å². The van der Waals surface area contributed by atoms with Crippen molar-refractivity contribution in [1.29, 1.82) is 0 Å². The first kappa shape index (κ1) is 19.5. The predicted molar refractivity (Wildman–Crippen MR) is 111 cm³/mol. The molecule has 158 valence electrons. The Hall–Kier alpha value is -3.51. The molecule has 4 heterocycles. The van der Waals surface area contributed by atoms with Crippen molar-refractivity contribution < 1.29 is 14.7 Å². The van der Waals surface area contributed by atoms with Crippen LogP contribution in [0.2, 0.25) is 0 Å². The van der Waals surface area contributed by atoms with Gasteiger partial charge in [-0.2, -0.15) is 5.10 Å². The fourth-order valence-electron chi connectivity index (χ4n) is 2.99. The number of aliphatic hydroxyl groups is 1. The highest BCUT2D eigenvalue weighted by atomic mass is 32.2. The van der Waals surface area contributed by atoms with E-state index in [9.17, 15) is 9.59 Å². The van der Waals surface area contributed by atoms with Gasteiger partial charge in [0.1, 0.15) is 5.03 Å². The van der Waals surface area contributed by atoms with Gasteiger partial charge in [-0.1, -0.05) is 0 Å². The molecule has 5 rings (SSSR count). The molecule has 1 saturated carbocycles. The van der Waals surface area contributed by atoms with Crippen LogP contribution in [0, 0.1) is 5.92 Å². The molecular weight excluding hydrogens is 420 g/mol. The molecule has 0 unspecified atom stereocenters. The monoisotopic (exact) mass is 438 g/mol. The Kier molecular flexibility index (Phi) is 5.00. The molecule has 0 bridgehead atoms. The maximum atomic E-state index is 12.2. The van der Waals surface area contributed by atoms with Crippen molar-refractivity contribution in [3.8, 4) is 0 Å². The number of carbonyl (C=O) groups is 2. The number of hydrogen-bond acceptors (Lipinski definition) is 8. The third kappa shape index (κ3) is 4.07. The number of fused-ring (bicyclic) bond motifs is 2. The first-order chi connectivity index (χ1) is 15.1. The van der Waals surface area contributed by atoms with Crippen LogP contribution in [-0.4, -0.2) is 59.3 Å². The minimum atomic E-state index is -0.292. The van der Waals surface area contributed by atoms with Crippen LogP contribution in [0.4, 0.5) is 5.82 Å². The van der Waals surface area contributed by atoms with Crippen LogP contribution in [0.1, 0.15) is 23.2 Å². The normalized spacial score (nSPS) is 13.6. The molecule has 0 atom stereocenters. The summed E-state index contributed by atoms with van der Waals surface area (Å²) >= 11 is 1.29. The molecule has 4 aromatic heterocycles. The second-order valence-electron chi connectivity index (χ2n) is 7.07. The van der Waals surface area contributed by atoms with E-state index in [1.54, 1.807) is 45.6 Å². The molecule has 0 aromatic carbocycles. The second-order valence-corrected chi connectivity index (χ2v) is 8.06. The summed E-state index contributed by atoms with van der Waals surface area (Å²) in [7, 11) is 0. The summed E-state index contributed by atoms with van der Waals surface area (Å²) < 4.78 is 3.31. The van der Waals surface area contributed by atoms with Gasteiger partial charge in [-0.05, 0) is 48.9 Å². The number of aliphatic hydroxyl groups excluding tert-OH is 1. The fourth-order valence-corrected chi connectivity index (χ4v) is 3.77. The fraction of sp³-hybridized carbons (Fsp3) is 0.263. The van der Waals surface area contributed by atoms with Gasteiger partial charge in [-0.25, -0.2) is 9.50 Å². The summed E-state index contributed by atoms with van der Waals surface area (Å²) in [6.07, 6.45) is 5.17. The lowest BCUT2D eigenvalue weighted by Gasteiger charge is -2.05. The SMILES string of the molecule is O=C(NCCO)c1ccc2nnc(Sc3ccc4nc(NC(=O)C5CC5)cn4n3)n2c1. The first-order valence-electron chi connectivity index (χ1n) is 9.70. The van der Waals surface area contributed by atoms with Gasteiger partial charge in [-0.3, -0.25) is 14.0 Å². The van der Waals surface area contributed by atoms with E-state index in [2.05, 4.69) is 30.9 Å². The van der Waals surface area contributed by atoms with Crippen LogP contribution in [0.5, 0.6) is 0 Å². The third-order valence-corrected chi connectivity index (χ3v) is 5.61. The lowest BCUT2D eigenvalue weighted by Crippen LogP contribution is -2.26. The van der Waals surface area contributed by atoms with Crippen molar-refractivity contribution in [2.45, 2.75) is 23.0 Å². The minimum Gasteiger partial charge on any atom is -0.395 e. The molecule has 1 fully saturated rings. The number of anilines is 1. The van der Waals surface area contributed by atoms with Crippen molar-refractivity contribution in [3.63, 3.8) is 0 Å². The summed E-state index contributed by atoms with van der Waals surface area (Å²) in [4.78, 5) is 28.5. The number of amides is 2. The molecule has 11 nitrogen and oxygen atoms in total. The molecule has 0 radical (unpaired) electrons. The molecule has 12 heteroatoms. The van der Waals surface area contributed by atoms with E-state index < -0.39 is 0 Å². The second kappa shape index (κ2) is 7.96. The van der Waals surface area contributed by atoms with Crippen molar-refractivity contribution >= 4 is 40.7 Å². The van der Waals surface area contributed by atoms with Crippen molar-refractivity contribution in [1.82, 2.24) is 34.5 Å². The number of pyridine rings is 1. The Bertz CT molecular complexity index is 1300. The predicted octanol–water partition coefficient (Wildman–Crippen LogP) is 0.994. The van der Waals surface area contributed by atoms with Gasteiger partial charge in [0.25, 0.3) is 5.91 Å². The average Bonchev–Trinajstić information content (AvgIpc) is 3.45. The van der Waals surface area contributed by atoms with E-state index in [1.165, 1.54) is 11.8 Å².